The molecule has 20 heavy (non-hydrogen) atoms. The first-order chi connectivity index (χ1) is 9.56. The summed E-state index contributed by atoms with van der Waals surface area (Å²) in [5.74, 6) is 1.97. The van der Waals surface area contributed by atoms with Gasteiger partial charge in [-0.1, -0.05) is 0 Å². The van der Waals surface area contributed by atoms with Crippen molar-refractivity contribution in [3.8, 4) is 17.2 Å². The minimum Gasteiger partial charge on any atom is -0.488 e. The molecule has 0 spiro atoms. The Morgan fingerprint density at radius 1 is 1.20 bits per heavy atom. The number of rotatable bonds is 5. The van der Waals surface area contributed by atoms with Crippen molar-refractivity contribution in [2.24, 2.45) is 0 Å². The van der Waals surface area contributed by atoms with Gasteiger partial charge < -0.3 is 14.6 Å². The number of aliphatic hydroxyl groups is 1. The van der Waals surface area contributed by atoms with Gasteiger partial charge in [-0.05, 0) is 43.7 Å². The lowest BCUT2D eigenvalue weighted by Crippen LogP contribution is -2.16. The van der Waals surface area contributed by atoms with E-state index in [-0.39, 0.29) is 12.7 Å². The quantitative estimate of drug-likeness (QED) is 0.830. The van der Waals surface area contributed by atoms with Gasteiger partial charge in [0.15, 0.2) is 0 Å². The third-order valence-corrected chi connectivity index (χ3v) is 2.84. The van der Waals surface area contributed by atoms with Crippen molar-refractivity contribution in [3.05, 3.63) is 42.1 Å². The molecule has 0 aliphatic rings. The average Bonchev–Trinajstić information content (AvgIpc) is 2.40. The molecule has 2 aromatic rings. The van der Waals surface area contributed by atoms with E-state index >= 15 is 0 Å². The van der Waals surface area contributed by atoms with Crippen molar-refractivity contribution >= 4 is 12.6 Å². The number of aliphatic hydroxyl groups excluding tert-OH is 1. The first kappa shape index (κ1) is 14.7. The van der Waals surface area contributed by atoms with Gasteiger partial charge in [0.05, 0.1) is 17.8 Å². The number of aryl methyl sites for hydroxylation is 1. The van der Waals surface area contributed by atoms with Gasteiger partial charge in [0.25, 0.3) is 0 Å². The zero-order valence-corrected chi connectivity index (χ0v) is 12.3. The zero-order valence-electron chi connectivity index (χ0n) is 11.4. The van der Waals surface area contributed by atoms with Crippen molar-refractivity contribution in [2.75, 3.05) is 6.61 Å². The van der Waals surface area contributed by atoms with E-state index < -0.39 is 0 Å². The molecule has 0 aliphatic carbocycles. The number of benzene rings is 1. The summed E-state index contributed by atoms with van der Waals surface area (Å²) in [6.07, 6.45) is 1.36. The van der Waals surface area contributed by atoms with E-state index in [1.165, 1.54) is 0 Å². The second-order valence-corrected chi connectivity index (χ2v) is 5.01. The molecule has 0 saturated heterocycles. The molecule has 0 radical (unpaired) electrons. The van der Waals surface area contributed by atoms with E-state index in [1.54, 1.807) is 31.3 Å². The molecule has 1 aromatic carbocycles. The molecule has 1 N–H and O–H groups in total. The summed E-state index contributed by atoms with van der Waals surface area (Å²) in [4.78, 5) is 4.06. The molecule has 0 bridgehead atoms. The number of nitrogens with zero attached hydrogens (tertiary/aromatic N) is 1. The highest BCUT2D eigenvalue weighted by Gasteiger charge is 2.06. The molecular formula is C15H17NO3S. The maximum atomic E-state index is 9.02. The van der Waals surface area contributed by atoms with E-state index in [9.17, 15) is 0 Å². The molecule has 4 nitrogen and oxygen atoms in total. The maximum absolute atomic E-state index is 9.02. The van der Waals surface area contributed by atoms with Gasteiger partial charge in [0.2, 0.25) is 0 Å². The van der Waals surface area contributed by atoms with Gasteiger partial charge in [-0.25, -0.2) is 4.98 Å². The molecule has 0 amide bonds. The predicted octanol–water partition coefficient (Wildman–Crippen LogP) is 3.23. The Morgan fingerprint density at radius 2 is 1.95 bits per heavy atom. The van der Waals surface area contributed by atoms with Crippen LogP contribution in [0.5, 0.6) is 17.2 Å². The standard InChI is InChI=1S/C15H17NO3S/c1-10-5-13(18-11(2)9-17)7-14(6-10)19-12-3-4-15(20)16-8-12/h3-8,11,17H,9H2,1-2H3,(H,16,20). The van der Waals surface area contributed by atoms with E-state index in [1.807, 2.05) is 19.1 Å². The monoisotopic (exact) mass is 291 g/mol. The summed E-state index contributed by atoms with van der Waals surface area (Å²) in [5, 5.41) is 9.67. The molecule has 1 heterocycles. The number of ether oxygens (including phenoxy) is 2. The van der Waals surface area contributed by atoms with Gasteiger partial charge in [-0.15, -0.1) is 12.6 Å². The van der Waals surface area contributed by atoms with Crippen LogP contribution in [-0.2, 0) is 0 Å². The first-order valence-corrected chi connectivity index (χ1v) is 6.73. The van der Waals surface area contributed by atoms with Gasteiger partial charge >= 0.3 is 0 Å². The number of hydrogen-bond acceptors (Lipinski definition) is 5. The summed E-state index contributed by atoms with van der Waals surface area (Å²) in [7, 11) is 0. The highest BCUT2D eigenvalue weighted by Crippen LogP contribution is 2.27. The molecule has 1 atom stereocenters. The Labute approximate surface area is 123 Å². The van der Waals surface area contributed by atoms with Crippen LogP contribution in [0, 0.1) is 6.92 Å². The highest BCUT2D eigenvalue weighted by molar-refractivity contribution is 7.80. The largest absolute Gasteiger partial charge is 0.488 e. The fraction of sp³-hybridized carbons (Fsp3) is 0.267. The molecule has 0 saturated carbocycles. The summed E-state index contributed by atoms with van der Waals surface area (Å²) in [5.41, 5.74) is 1.02. The van der Waals surface area contributed by atoms with Crippen molar-refractivity contribution in [1.29, 1.82) is 0 Å². The Hall–Kier alpha value is -1.72. The maximum Gasteiger partial charge on any atom is 0.145 e. The smallest absolute Gasteiger partial charge is 0.145 e. The second kappa shape index (κ2) is 6.63. The van der Waals surface area contributed by atoms with Gasteiger partial charge in [-0.2, -0.15) is 0 Å². The van der Waals surface area contributed by atoms with Crippen LogP contribution in [0.15, 0.2) is 41.6 Å². The van der Waals surface area contributed by atoms with Crippen LogP contribution >= 0.6 is 12.6 Å². The molecular weight excluding hydrogens is 274 g/mol. The van der Waals surface area contributed by atoms with Crippen molar-refractivity contribution in [2.45, 2.75) is 25.0 Å². The van der Waals surface area contributed by atoms with E-state index in [2.05, 4.69) is 17.6 Å². The van der Waals surface area contributed by atoms with Crippen LogP contribution in [0.2, 0.25) is 0 Å². The second-order valence-electron chi connectivity index (χ2n) is 4.55. The zero-order chi connectivity index (χ0) is 14.5. The van der Waals surface area contributed by atoms with Gasteiger partial charge in [-0.3, -0.25) is 0 Å². The molecule has 1 aromatic heterocycles. The van der Waals surface area contributed by atoms with Gasteiger partial charge in [0, 0.05) is 6.07 Å². The topological polar surface area (TPSA) is 51.6 Å². The highest BCUT2D eigenvalue weighted by atomic mass is 32.1. The minimum atomic E-state index is -0.255. The third-order valence-electron chi connectivity index (χ3n) is 2.58. The lowest BCUT2D eigenvalue weighted by atomic mass is 10.2. The van der Waals surface area contributed by atoms with Crippen molar-refractivity contribution in [1.82, 2.24) is 4.98 Å². The fourth-order valence-electron chi connectivity index (χ4n) is 1.68. The Balaban J connectivity index is 2.17. The molecule has 1 unspecified atom stereocenters. The summed E-state index contributed by atoms with van der Waals surface area (Å²) >= 11 is 4.13. The SMILES string of the molecule is Cc1cc(Oc2ccc(S)nc2)cc(OC(C)CO)c1. The van der Waals surface area contributed by atoms with Gasteiger partial charge in [0.1, 0.15) is 23.4 Å². The summed E-state index contributed by atoms with van der Waals surface area (Å²) < 4.78 is 11.3. The lowest BCUT2D eigenvalue weighted by Gasteiger charge is -2.14. The Kier molecular flexibility index (Phi) is 4.87. The molecule has 2 rings (SSSR count). The number of aromatic nitrogens is 1. The van der Waals surface area contributed by atoms with Crippen LogP contribution in [0.4, 0.5) is 0 Å². The number of hydrogen-bond donors (Lipinski definition) is 2. The van der Waals surface area contributed by atoms with Crippen LogP contribution in [-0.4, -0.2) is 22.8 Å². The Bertz CT molecular complexity index is 572. The van der Waals surface area contributed by atoms with Crippen LogP contribution in [0.25, 0.3) is 0 Å². The van der Waals surface area contributed by atoms with Crippen LogP contribution in [0.1, 0.15) is 12.5 Å². The molecule has 0 aliphatic heterocycles. The predicted molar refractivity (Wildman–Crippen MR) is 79.9 cm³/mol. The van der Waals surface area contributed by atoms with Crippen molar-refractivity contribution < 1.29 is 14.6 Å². The summed E-state index contributed by atoms with van der Waals surface area (Å²) in [6.45, 7) is 3.73. The fourth-order valence-corrected chi connectivity index (χ4v) is 1.81. The average molecular weight is 291 g/mol. The molecule has 5 heteroatoms. The Morgan fingerprint density at radius 3 is 2.60 bits per heavy atom. The van der Waals surface area contributed by atoms with Crippen LogP contribution in [0.3, 0.4) is 0 Å². The van der Waals surface area contributed by atoms with E-state index in [0.29, 0.717) is 22.3 Å². The number of pyridine rings is 1. The lowest BCUT2D eigenvalue weighted by molar-refractivity contribution is 0.129. The third kappa shape index (κ3) is 4.15. The normalized spacial score (nSPS) is 12.0. The van der Waals surface area contributed by atoms with Crippen molar-refractivity contribution in [3.63, 3.8) is 0 Å². The molecule has 0 fully saturated rings. The summed E-state index contributed by atoms with van der Waals surface area (Å²) in [6, 6.07) is 9.15. The van der Waals surface area contributed by atoms with Crippen LogP contribution < -0.4 is 9.47 Å². The van der Waals surface area contributed by atoms with E-state index in [4.69, 9.17) is 14.6 Å². The first-order valence-electron chi connectivity index (χ1n) is 6.29. The number of thiol groups is 1. The van der Waals surface area contributed by atoms with E-state index in [0.717, 1.165) is 5.56 Å². The molecule has 106 valence electrons. The minimum absolute atomic E-state index is 0.0303.